The molecule has 0 aliphatic carbocycles. The highest BCUT2D eigenvalue weighted by atomic mass is 16.3. The van der Waals surface area contributed by atoms with Gasteiger partial charge in [0, 0.05) is 18.0 Å². The van der Waals surface area contributed by atoms with Crippen LogP contribution in [0.2, 0.25) is 0 Å². The Labute approximate surface area is 93.4 Å². The second kappa shape index (κ2) is 4.57. The maximum atomic E-state index is 11.7. The number of ketones is 1. The lowest BCUT2D eigenvalue weighted by atomic mass is 10.1. The molecule has 0 aliphatic heterocycles. The molecule has 0 bridgehead atoms. The van der Waals surface area contributed by atoms with Gasteiger partial charge in [-0.05, 0) is 43.3 Å². The summed E-state index contributed by atoms with van der Waals surface area (Å²) in [6.07, 6.45) is 6.35. The number of carbonyl (C=O) groups is 1. The number of aromatic nitrogens is 1. The van der Waals surface area contributed by atoms with Crippen molar-refractivity contribution in [3.05, 3.63) is 59.8 Å². The highest BCUT2D eigenvalue weighted by Crippen LogP contribution is 2.09. The number of rotatable bonds is 3. The van der Waals surface area contributed by atoms with Gasteiger partial charge in [-0.15, -0.1) is 0 Å². The van der Waals surface area contributed by atoms with Crippen molar-refractivity contribution < 1.29 is 9.21 Å². The van der Waals surface area contributed by atoms with Gasteiger partial charge in [0.15, 0.2) is 5.78 Å². The molecular weight excluding hydrogens is 202 g/mol. The summed E-state index contributed by atoms with van der Waals surface area (Å²) >= 11 is 0. The highest BCUT2D eigenvalue weighted by molar-refractivity contribution is 6.06. The Kier molecular flexibility index (Phi) is 2.96. The minimum absolute atomic E-state index is 0.0588. The van der Waals surface area contributed by atoms with Crippen LogP contribution < -0.4 is 0 Å². The van der Waals surface area contributed by atoms with Gasteiger partial charge in [-0.2, -0.15) is 0 Å². The maximum absolute atomic E-state index is 11.7. The summed E-state index contributed by atoms with van der Waals surface area (Å²) in [6.45, 7) is 1.86. The van der Waals surface area contributed by atoms with Crippen LogP contribution in [0.1, 0.15) is 21.9 Å². The Morgan fingerprint density at radius 3 is 2.62 bits per heavy atom. The molecule has 0 aromatic carbocycles. The van der Waals surface area contributed by atoms with E-state index in [2.05, 4.69) is 4.98 Å². The largest absolute Gasteiger partial charge is 0.462 e. The molecule has 0 saturated heterocycles. The molecule has 0 unspecified atom stereocenters. The molecule has 0 spiro atoms. The summed E-state index contributed by atoms with van der Waals surface area (Å²) < 4.78 is 5.32. The molecule has 3 heteroatoms. The van der Waals surface area contributed by atoms with E-state index in [4.69, 9.17) is 4.42 Å². The summed E-state index contributed by atoms with van der Waals surface area (Å²) in [4.78, 5) is 15.5. The molecule has 2 heterocycles. The smallest absolute Gasteiger partial charge is 0.186 e. The van der Waals surface area contributed by atoms with Crippen LogP contribution in [0.3, 0.4) is 0 Å². The summed E-state index contributed by atoms with van der Waals surface area (Å²) in [7, 11) is 0. The maximum Gasteiger partial charge on any atom is 0.186 e. The number of hydrogen-bond acceptors (Lipinski definition) is 3. The van der Waals surface area contributed by atoms with Crippen molar-refractivity contribution in [3.8, 4) is 0 Å². The lowest BCUT2D eigenvalue weighted by Gasteiger charge is -1.92. The van der Waals surface area contributed by atoms with Gasteiger partial charge in [-0.25, -0.2) is 0 Å². The fraction of sp³-hybridized carbons (Fsp3) is 0.0769. The normalized spacial score (nSPS) is 10.8. The van der Waals surface area contributed by atoms with Crippen LogP contribution in [-0.2, 0) is 0 Å². The molecule has 0 atom stereocenters. The Balaban J connectivity index is 2.11. The van der Waals surface area contributed by atoms with E-state index in [0.717, 1.165) is 5.76 Å². The zero-order chi connectivity index (χ0) is 11.4. The van der Waals surface area contributed by atoms with E-state index in [1.807, 2.05) is 19.1 Å². The summed E-state index contributed by atoms with van der Waals surface area (Å²) in [5, 5.41) is 0. The molecule has 0 aliphatic rings. The zero-order valence-corrected chi connectivity index (χ0v) is 8.88. The predicted octanol–water partition coefficient (Wildman–Crippen LogP) is 2.88. The van der Waals surface area contributed by atoms with Crippen LogP contribution >= 0.6 is 0 Å². The van der Waals surface area contributed by atoms with Crippen molar-refractivity contribution in [2.45, 2.75) is 6.92 Å². The van der Waals surface area contributed by atoms with Crippen LogP contribution in [-0.4, -0.2) is 10.8 Å². The Bertz CT molecular complexity index is 512. The third-order valence-electron chi connectivity index (χ3n) is 2.12. The monoisotopic (exact) mass is 213 g/mol. The molecule has 2 rings (SSSR count). The first-order valence-corrected chi connectivity index (χ1v) is 4.94. The molecule has 0 amide bonds. The quantitative estimate of drug-likeness (QED) is 0.581. The molecule has 2 aromatic rings. The molecule has 0 N–H and O–H groups in total. The summed E-state index contributed by atoms with van der Waals surface area (Å²) in [6, 6.07) is 7.04. The van der Waals surface area contributed by atoms with Crippen molar-refractivity contribution >= 4 is 11.9 Å². The Morgan fingerprint density at radius 1 is 1.25 bits per heavy atom. The second-order valence-corrected chi connectivity index (χ2v) is 3.38. The van der Waals surface area contributed by atoms with E-state index in [0.29, 0.717) is 11.3 Å². The second-order valence-electron chi connectivity index (χ2n) is 3.38. The van der Waals surface area contributed by atoms with Gasteiger partial charge in [-0.1, -0.05) is 0 Å². The van der Waals surface area contributed by atoms with Crippen molar-refractivity contribution in [3.63, 3.8) is 0 Å². The third kappa shape index (κ3) is 2.45. The number of furan rings is 1. The van der Waals surface area contributed by atoms with Gasteiger partial charge >= 0.3 is 0 Å². The number of pyridine rings is 1. The summed E-state index contributed by atoms with van der Waals surface area (Å²) in [5.74, 6) is 1.45. The fourth-order valence-corrected chi connectivity index (χ4v) is 1.31. The fourth-order valence-electron chi connectivity index (χ4n) is 1.31. The molecule has 0 saturated carbocycles. The van der Waals surface area contributed by atoms with Crippen molar-refractivity contribution in [1.29, 1.82) is 0 Å². The lowest BCUT2D eigenvalue weighted by molar-refractivity contribution is 0.104. The minimum Gasteiger partial charge on any atom is -0.462 e. The van der Waals surface area contributed by atoms with E-state index >= 15 is 0 Å². The molecular formula is C13H11NO2. The van der Waals surface area contributed by atoms with Gasteiger partial charge in [0.25, 0.3) is 0 Å². The first-order valence-electron chi connectivity index (χ1n) is 4.94. The minimum atomic E-state index is -0.0588. The van der Waals surface area contributed by atoms with Gasteiger partial charge in [0.05, 0.1) is 0 Å². The Hall–Kier alpha value is -2.16. The van der Waals surface area contributed by atoms with Crippen molar-refractivity contribution in [1.82, 2.24) is 4.98 Å². The number of nitrogens with zero attached hydrogens (tertiary/aromatic N) is 1. The SMILES string of the molecule is Cc1ccc(/C=C\C(=O)c2ccncc2)o1. The highest BCUT2D eigenvalue weighted by Gasteiger charge is 2.00. The van der Waals surface area contributed by atoms with Crippen LogP contribution in [0.4, 0.5) is 0 Å². The van der Waals surface area contributed by atoms with Crippen molar-refractivity contribution in [2.24, 2.45) is 0 Å². The van der Waals surface area contributed by atoms with Gasteiger partial charge in [0.2, 0.25) is 0 Å². The molecule has 3 nitrogen and oxygen atoms in total. The average Bonchev–Trinajstić information content (AvgIpc) is 2.73. The topological polar surface area (TPSA) is 43.1 Å². The van der Waals surface area contributed by atoms with Crippen LogP contribution in [0.5, 0.6) is 0 Å². The van der Waals surface area contributed by atoms with E-state index in [1.54, 1.807) is 30.6 Å². The molecule has 16 heavy (non-hydrogen) atoms. The first-order chi connectivity index (χ1) is 7.75. The number of carbonyl (C=O) groups excluding carboxylic acids is 1. The first kappa shape index (κ1) is 10.4. The van der Waals surface area contributed by atoms with Gasteiger partial charge in [-0.3, -0.25) is 9.78 Å². The zero-order valence-electron chi connectivity index (χ0n) is 8.88. The van der Waals surface area contributed by atoms with E-state index < -0.39 is 0 Å². The molecule has 0 radical (unpaired) electrons. The predicted molar refractivity (Wildman–Crippen MR) is 61.0 cm³/mol. The van der Waals surface area contributed by atoms with E-state index in [1.165, 1.54) is 6.08 Å². The average molecular weight is 213 g/mol. The summed E-state index contributed by atoms with van der Waals surface area (Å²) in [5.41, 5.74) is 0.620. The van der Waals surface area contributed by atoms with Crippen LogP contribution in [0.25, 0.3) is 6.08 Å². The molecule has 80 valence electrons. The molecule has 0 fully saturated rings. The third-order valence-corrected chi connectivity index (χ3v) is 2.12. The number of hydrogen-bond donors (Lipinski definition) is 0. The van der Waals surface area contributed by atoms with Gasteiger partial charge < -0.3 is 4.42 Å². The van der Waals surface area contributed by atoms with Crippen LogP contribution in [0, 0.1) is 6.92 Å². The Morgan fingerprint density at radius 2 is 2.00 bits per heavy atom. The van der Waals surface area contributed by atoms with Crippen LogP contribution in [0.15, 0.2) is 47.2 Å². The standard InChI is InChI=1S/C13H11NO2/c1-10-2-3-12(16-10)4-5-13(15)11-6-8-14-9-7-11/h2-9H,1H3/b5-4-. The van der Waals surface area contributed by atoms with Gasteiger partial charge in [0.1, 0.15) is 11.5 Å². The van der Waals surface area contributed by atoms with E-state index in [-0.39, 0.29) is 5.78 Å². The van der Waals surface area contributed by atoms with Crippen molar-refractivity contribution in [2.75, 3.05) is 0 Å². The lowest BCUT2D eigenvalue weighted by Crippen LogP contribution is -1.93. The van der Waals surface area contributed by atoms with E-state index in [9.17, 15) is 4.79 Å². The number of aryl methyl sites for hydroxylation is 1. The molecule has 2 aromatic heterocycles. The number of allylic oxidation sites excluding steroid dienone is 1.